The minimum atomic E-state index is -4.52. The molecule has 0 heterocycles. The first-order valence-electron chi connectivity index (χ1n) is 4.85. The Morgan fingerprint density at radius 3 is 2.39 bits per heavy atom. The molecule has 0 spiro atoms. The van der Waals surface area contributed by atoms with E-state index in [4.69, 9.17) is 21.4 Å². The number of phosphoric acid groups is 1. The van der Waals surface area contributed by atoms with E-state index in [1.165, 1.54) is 24.3 Å². The van der Waals surface area contributed by atoms with E-state index in [1.54, 1.807) is 0 Å². The van der Waals surface area contributed by atoms with Crippen molar-refractivity contribution in [3.8, 4) is 0 Å². The molecule has 0 aliphatic carbocycles. The van der Waals surface area contributed by atoms with Gasteiger partial charge in [0, 0.05) is 12.1 Å². The van der Waals surface area contributed by atoms with E-state index in [1.807, 2.05) is 0 Å². The molecule has 9 heteroatoms. The lowest BCUT2D eigenvalue weighted by Crippen LogP contribution is -2.11. The lowest BCUT2D eigenvalue weighted by Gasteiger charge is -2.10. The van der Waals surface area contributed by atoms with Gasteiger partial charge in [0.05, 0.1) is 16.9 Å². The lowest BCUT2D eigenvalue weighted by molar-refractivity contribution is -0.384. The number of nitro groups is 1. The molecule has 1 aromatic carbocycles. The second-order valence-electron chi connectivity index (χ2n) is 3.51. The van der Waals surface area contributed by atoms with Crippen molar-refractivity contribution in [2.75, 3.05) is 6.61 Å². The van der Waals surface area contributed by atoms with Gasteiger partial charge in [-0.15, -0.1) is 11.6 Å². The Morgan fingerprint density at radius 1 is 1.39 bits per heavy atom. The van der Waals surface area contributed by atoms with Gasteiger partial charge in [0.1, 0.15) is 0 Å². The van der Waals surface area contributed by atoms with Gasteiger partial charge in [-0.05, 0) is 12.0 Å². The summed E-state index contributed by atoms with van der Waals surface area (Å²) < 4.78 is 14.7. The largest absolute Gasteiger partial charge is 0.469 e. The van der Waals surface area contributed by atoms with Gasteiger partial charge in [-0.25, -0.2) is 4.57 Å². The Labute approximate surface area is 108 Å². The number of rotatable bonds is 6. The van der Waals surface area contributed by atoms with Crippen LogP contribution in [-0.2, 0) is 15.5 Å². The van der Waals surface area contributed by atoms with Crippen molar-refractivity contribution in [2.45, 2.75) is 11.8 Å². The highest BCUT2D eigenvalue weighted by Gasteiger charge is 2.17. The summed E-state index contributed by atoms with van der Waals surface area (Å²) in [7, 11) is -4.52. The molecular weight excluding hydrogens is 285 g/mol. The Bertz CT molecular complexity index is 459. The highest BCUT2D eigenvalue weighted by Crippen LogP contribution is 2.36. The number of hydrogen-bond donors (Lipinski definition) is 2. The van der Waals surface area contributed by atoms with Crippen molar-refractivity contribution < 1.29 is 23.8 Å². The fourth-order valence-electron chi connectivity index (χ4n) is 1.25. The summed E-state index contributed by atoms with van der Waals surface area (Å²) in [6.45, 7) is -0.303. The van der Waals surface area contributed by atoms with Crippen molar-refractivity contribution in [3.05, 3.63) is 39.9 Å². The molecule has 0 saturated carbocycles. The molecule has 18 heavy (non-hydrogen) atoms. The lowest BCUT2D eigenvalue weighted by atomic mass is 10.1. The quantitative estimate of drug-likeness (QED) is 0.359. The Hall–Kier alpha value is -0.980. The molecule has 0 amide bonds. The molecule has 0 aliphatic heterocycles. The number of phosphoric ester groups is 1. The zero-order valence-electron chi connectivity index (χ0n) is 9.10. The van der Waals surface area contributed by atoms with Crippen LogP contribution in [-0.4, -0.2) is 26.7 Å². The van der Waals surface area contributed by atoms with Gasteiger partial charge in [0.25, 0.3) is 5.69 Å². The van der Waals surface area contributed by atoms with Gasteiger partial charge < -0.3 is 9.79 Å². The maximum absolute atomic E-state index is 10.4. The molecule has 2 N–H and O–H groups in total. The van der Waals surface area contributed by atoms with Crippen LogP contribution < -0.4 is 0 Å². The Balaban J connectivity index is 2.52. The zero-order valence-corrected chi connectivity index (χ0v) is 10.8. The third-order valence-electron chi connectivity index (χ3n) is 2.03. The molecule has 0 aromatic heterocycles. The number of nitrogens with zero attached hydrogens (tertiary/aromatic N) is 1. The van der Waals surface area contributed by atoms with Gasteiger partial charge in [-0.2, -0.15) is 0 Å². The maximum atomic E-state index is 10.4. The fraction of sp³-hybridized carbons (Fsp3) is 0.333. The predicted molar refractivity (Wildman–Crippen MR) is 64.4 cm³/mol. The van der Waals surface area contributed by atoms with Gasteiger partial charge >= 0.3 is 7.82 Å². The van der Waals surface area contributed by atoms with Gasteiger partial charge in [0.15, 0.2) is 0 Å². The molecule has 0 saturated heterocycles. The Morgan fingerprint density at radius 2 is 1.94 bits per heavy atom. The van der Waals surface area contributed by atoms with E-state index in [-0.39, 0.29) is 12.3 Å². The Kier molecular flexibility index (Phi) is 5.25. The summed E-state index contributed by atoms with van der Waals surface area (Å²) in [4.78, 5) is 26.9. The summed E-state index contributed by atoms with van der Waals surface area (Å²) in [5.74, 6) is 0. The molecule has 7 nitrogen and oxygen atoms in total. The fourth-order valence-corrected chi connectivity index (χ4v) is 1.95. The summed E-state index contributed by atoms with van der Waals surface area (Å²) in [5.41, 5.74) is 0.686. The van der Waals surface area contributed by atoms with Crippen LogP contribution >= 0.6 is 19.4 Å². The third kappa shape index (κ3) is 5.57. The summed E-state index contributed by atoms with van der Waals surface area (Å²) in [6, 6.07) is 5.74. The van der Waals surface area contributed by atoms with Gasteiger partial charge in [-0.1, -0.05) is 12.1 Å². The van der Waals surface area contributed by atoms with E-state index in [2.05, 4.69) is 4.52 Å². The van der Waals surface area contributed by atoms with E-state index >= 15 is 0 Å². The number of hydrogen-bond acceptors (Lipinski definition) is 4. The van der Waals surface area contributed by atoms with E-state index in [9.17, 15) is 14.7 Å². The first-order chi connectivity index (χ1) is 8.28. The first kappa shape index (κ1) is 15.1. The molecule has 0 radical (unpaired) electrons. The van der Waals surface area contributed by atoms with Crippen LogP contribution in [0.3, 0.4) is 0 Å². The molecule has 0 bridgehead atoms. The molecule has 1 atom stereocenters. The van der Waals surface area contributed by atoms with E-state index in [0.29, 0.717) is 6.42 Å². The van der Waals surface area contributed by atoms with Crippen LogP contribution in [0.5, 0.6) is 0 Å². The zero-order chi connectivity index (χ0) is 13.8. The van der Waals surface area contributed by atoms with E-state index in [0.717, 1.165) is 5.56 Å². The predicted octanol–water partition coefficient (Wildman–Crippen LogP) is 1.85. The van der Waals surface area contributed by atoms with Crippen LogP contribution in [0.4, 0.5) is 5.69 Å². The first-order valence-corrected chi connectivity index (χ1v) is 6.82. The molecule has 1 aromatic rings. The van der Waals surface area contributed by atoms with Crippen LogP contribution in [0, 0.1) is 10.1 Å². The maximum Gasteiger partial charge on any atom is 0.469 e. The normalized spacial score (nSPS) is 13.3. The standard InChI is InChI=1S/C9H11ClNO6P/c10-8(6-17-18(14,15)16)5-7-1-3-9(4-2-7)11(12)13/h1-4,8H,5-6H2,(H2,14,15,16). The average molecular weight is 296 g/mol. The van der Waals surface area contributed by atoms with Crippen molar-refractivity contribution in [3.63, 3.8) is 0 Å². The summed E-state index contributed by atoms with van der Waals surface area (Å²) in [6.07, 6.45) is 0.291. The van der Waals surface area contributed by atoms with Crippen molar-refractivity contribution >= 4 is 25.1 Å². The molecule has 0 fully saturated rings. The topological polar surface area (TPSA) is 110 Å². The summed E-state index contributed by atoms with van der Waals surface area (Å²) in [5, 5.41) is 9.79. The number of alkyl halides is 1. The minimum absolute atomic E-state index is 0.0312. The monoisotopic (exact) mass is 295 g/mol. The van der Waals surface area contributed by atoms with Crippen LogP contribution in [0.2, 0.25) is 0 Å². The van der Waals surface area contributed by atoms with Gasteiger partial charge in [0.2, 0.25) is 0 Å². The van der Waals surface area contributed by atoms with Crippen LogP contribution in [0.1, 0.15) is 5.56 Å². The second-order valence-corrected chi connectivity index (χ2v) is 5.37. The average Bonchev–Trinajstić information content (AvgIpc) is 2.26. The number of nitro benzene ring substituents is 1. The molecule has 100 valence electrons. The molecule has 1 unspecified atom stereocenters. The van der Waals surface area contributed by atoms with Crippen molar-refractivity contribution in [1.82, 2.24) is 0 Å². The third-order valence-corrected chi connectivity index (χ3v) is 2.79. The van der Waals surface area contributed by atoms with Crippen LogP contribution in [0.25, 0.3) is 0 Å². The number of halogens is 1. The van der Waals surface area contributed by atoms with Crippen molar-refractivity contribution in [2.24, 2.45) is 0 Å². The molecule has 0 aliphatic rings. The minimum Gasteiger partial charge on any atom is -0.303 e. The van der Waals surface area contributed by atoms with E-state index < -0.39 is 18.1 Å². The van der Waals surface area contributed by atoms with Gasteiger partial charge in [-0.3, -0.25) is 14.6 Å². The SMILES string of the molecule is O=[N+]([O-])c1ccc(CC(Cl)COP(=O)(O)O)cc1. The molecular formula is C9H11ClNO6P. The highest BCUT2D eigenvalue weighted by atomic mass is 35.5. The summed E-state index contributed by atoms with van der Waals surface area (Å²) >= 11 is 5.82. The van der Waals surface area contributed by atoms with Crippen LogP contribution in [0.15, 0.2) is 24.3 Å². The number of non-ortho nitro benzene ring substituents is 1. The highest BCUT2D eigenvalue weighted by molar-refractivity contribution is 7.46. The number of benzene rings is 1. The second kappa shape index (κ2) is 6.26. The smallest absolute Gasteiger partial charge is 0.303 e. The molecule has 1 rings (SSSR count). The van der Waals surface area contributed by atoms with Crippen molar-refractivity contribution in [1.29, 1.82) is 0 Å².